The number of hydrogen-bond acceptors (Lipinski definition) is 3. The van der Waals surface area contributed by atoms with Gasteiger partial charge in [-0.05, 0) is 0 Å². The first-order chi connectivity index (χ1) is 6.54. The minimum atomic E-state index is -0.515. The van der Waals surface area contributed by atoms with Crippen molar-refractivity contribution < 1.29 is 4.92 Å². The van der Waals surface area contributed by atoms with E-state index in [9.17, 15) is 10.1 Å². The van der Waals surface area contributed by atoms with Gasteiger partial charge in [-0.3, -0.25) is 10.1 Å². The van der Waals surface area contributed by atoms with Gasteiger partial charge in [0, 0.05) is 16.7 Å². The van der Waals surface area contributed by atoms with Gasteiger partial charge in [0.25, 0.3) is 5.69 Å². The van der Waals surface area contributed by atoms with Crippen LogP contribution in [0.3, 0.4) is 0 Å². The number of halogens is 1. The molecule has 1 atom stereocenters. The van der Waals surface area contributed by atoms with Crippen molar-refractivity contribution in [2.75, 3.05) is 0 Å². The van der Waals surface area contributed by atoms with Crippen molar-refractivity contribution in [1.29, 1.82) is 0 Å². The van der Waals surface area contributed by atoms with Crippen LogP contribution < -0.4 is 0 Å². The summed E-state index contributed by atoms with van der Waals surface area (Å²) in [6, 6.07) is 6.33. The zero-order chi connectivity index (χ0) is 10.7. The molecule has 1 rings (SSSR count). The summed E-state index contributed by atoms with van der Waals surface area (Å²) in [6.45, 7) is 3.50. The van der Waals surface area contributed by atoms with Gasteiger partial charge in [0.1, 0.15) is 0 Å². The van der Waals surface area contributed by atoms with Crippen molar-refractivity contribution in [3.05, 3.63) is 51.6 Å². The van der Waals surface area contributed by atoms with Gasteiger partial charge in [-0.2, -0.15) is 12.6 Å². The van der Waals surface area contributed by atoms with E-state index in [2.05, 4.69) is 19.2 Å². The number of nitro benzene ring substituents is 1. The second-order valence-electron chi connectivity index (χ2n) is 2.67. The van der Waals surface area contributed by atoms with Crippen LogP contribution in [0.2, 0.25) is 0 Å². The Bertz CT molecular complexity index is 381. The summed E-state index contributed by atoms with van der Waals surface area (Å²) >= 11 is 9.79. The zero-order valence-electron chi connectivity index (χ0n) is 7.18. The lowest BCUT2D eigenvalue weighted by atomic mass is 10.1. The van der Waals surface area contributed by atoms with Crippen molar-refractivity contribution in [2.45, 2.75) is 5.25 Å². The maximum absolute atomic E-state index is 10.6. The molecule has 0 spiro atoms. The van der Waals surface area contributed by atoms with E-state index in [1.54, 1.807) is 18.2 Å². The molecule has 0 saturated carbocycles. The second-order valence-corrected chi connectivity index (χ2v) is 3.67. The van der Waals surface area contributed by atoms with E-state index in [0.29, 0.717) is 5.56 Å². The van der Waals surface area contributed by atoms with Crippen LogP contribution in [0.5, 0.6) is 0 Å². The molecular formula is C9H8ClNO2S. The summed E-state index contributed by atoms with van der Waals surface area (Å²) in [6.07, 6.45) is 0. The molecule has 0 radical (unpaired) electrons. The van der Waals surface area contributed by atoms with Crippen LogP contribution in [-0.4, -0.2) is 4.92 Å². The Labute approximate surface area is 91.9 Å². The number of rotatable bonds is 3. The van der Waals surface area contributed by atoms with Gasteiger partial charge in [-0.1, -0.05) is 36.4 Å². The summed E-state index contributed by atoms with van der Waals surface area (Å²) in [7, 11) is 0. The predicted octanol–water partition coefficient (Wildman–Crippen LogP) is 3.32. The normalized spacial score (nSPS) is 12.1. The topological polar surface area (TPSA) is 43.1 Å². The minimum absolute atomic E-state index is 0.00861. The molecule has 0 aromatic heterocycles. The van der Waals surface area contributed by atoms with E-state index in [1.807, 2.05) is 0 Å². The van der Waals surface area contributed by atoms with E-state index in [4.69, 9.17) is 11.6 Å². The number of para-hydroxylation sites is 1. The summed E-state index contributed by atoms with van der Waals surface area (Å²) in [4.78, 5) is 10.2. The van der Waals surface area contributed by atoms with Crippen molar-refractivity contribution in [3.63, 3.8) is 0 Å². The Hall–Kier alpha value is -1.00. The number of nitrogens with zero attached hydrogens (tertiary/aromatic N) is 1. The van der Waals surface area contributed by atoms with Gasteiger partial charge in [-0.25, -0.2) is 0 Å². The summed E-state index contributed by atoms with van der Waals surface area (Å²) < 4.78 is 0. The largest absolute Gasteiger partial charge is 0.274 e. The smallest absolute Gasteiger partial charge is 0.258 e. The standard InChI is InChI=1S/C9H8ClNO2S/c1-6(10)9(14)7-4-2-3-5-8(7)11(12)13/h2-5,9,14H,1H2. The average Bonchev–Trinajstić information content (AvgIpc) is 2.16. The number of thiol groups is 1. The molecule has 3 nitrogen and oxygen atoms in total. The van der Waals surface area contributed by atoms with Crippen LogP contribution in [0.15, 0.2) is 35.9 Å². The Balaban J connectivity index is 3.19. The van der Waals surface area contributed by atoms with E-state index in [0.717, 1.165) is 0 Å². The molecule has 0 bridgehead atoms. The number of nitro groups is 1. The van der Waals surface area contributed by atoms with Crippen LogP contribution in [0.4, 0.5) is 5.69 Å². The van der Waals surface area contributed by atoms with E-state index < -0.39 is 10.2 Å². The molecule has 0 saturated heterocycles. The van der Waals surface area contributed by atoms with Gasteiger partial charge in [0.05, 0.1) is 10.2 Å². The van der Waals surface area contributed by atoms with Gasteiger partial charge in [0.15, 0.2) is 0 Å². The molecule has 0 heterocycles. The predicted molar refractivity (Wildman–Crippen MR) is 59.8 cm³/mol. The van der Waals surface area contributed by atoms with E-state index in [-0.39, 0.29) is 10.7 Å². The second kappa shape index (κ2) is 4.48. The van der Waals surface area contributed by atoms with Crippen molar-refractivity contribution in [3.8, 4) is 0 Å². The van der Waals surface area contributed by atoms with Crippen molar-refractivity contribution in [2.24, 2.45) is 0 Å². The van der Waals surface area contributed by atoms with Crippen LogP contribution >= 0.6 is 24.2 Å². The molecule has 0 fully saturated rings. The van der Waals surface area contributed by atoms with Gasteiger partial charge >= 0.3 is 0 Å². The minimum Gasteiger partial charge on any atom is -0.258 e. The van der Waals surface area contributed by atoms with E-state index in [1.165, 1.54) is 6.07 Å². The quantitative estimate of drug-likeness (QED) is 0.491. The highest BCUT2D eigenvalue weighted by Crippen LogP contribution is 2.34. The summed E-state index contributed by atoms with van der Waals surface area (Å²) in [5, 5.41) is 10.4. The molecule has 1 unspecified atom stereocenters. The average molecular weight is 230 g/mol. The molecule has 0 N–H and O–H groups in total. The molecule has 1 aromatic rings. The molecule has 5 heteroatoms. The summed E-state index contributed by atoms with van der Waals surface area (Å²) in [5.74, 6) is 0. The Morgan fingerprint density at radius 3 is 2.64 bits per heavy atom. The first-order valence-corrected chi connectivity index (χ1v) is 4.69. The summed E-state index contributed by atoms with van der Waals surface area (Å²) in [5.41, 5.74) is 0.468. The van der Waals surface area contributed by atoms with Crippen LogP contribution in [-0.2, 0) is 0 Å². The molecule has 0 aliphatic heterocycles. The third kappa shape index (κ3) is 2.27. The van der Waals surface area contributed by atoms with Gasteiger partial charge in [0.2, 0.25) is 0 Å². The molecule has 0 aliphatic carbocycles. The first kappa shape index (κ1) is 11.1. The fraction of sp³-hybridized carbons (Fsp3) is 0.111. The first-order valence-electron chi connectivity index (χ1n) is 3.79. The Morgan fingerprint density at radius 2 is 2.14 bits per heavy atom. The Kier molecular flexibility index (Phi) is 3.55. The molecule has 1 aromatic carbocycles. The van der Waals surface area contributed by atoms with Crippen LogP contribution in [0.1, 0.15) is 10.8 Å². The van der Waals surface area contributed by atoms with Crippen LogP contribution in [0, 0.1) is 10.1 Å². The lowest BCUT2D eigenvalue weighted by molar-refractivity contribution is -0.385. The maximum atomic E-state index is 10.6. The highest BCUT2D eigenvalue weighted by Gasteiger charge is 2.19. The molecule has 0 amide bonds. The van der Waals surface area contributed by atoms with Crippen molar-refractivity contribution >= 4 is 29.9 Å². The SMILES string of the molecule is C=C(Cl)C(S)c1ccccc1[N+](=O)[O-]. The molecule has 74 valence electrons. The maximum Gasteiger partial charge on any atom is 0.274 e. The monoisotopic (exact) mass is 229 g/mol. The molecule has 0 aliphatic rings. The zero-order valence-corrected chi connectivity index (χ0v) is 8.83. The van der Waals surface area contributed by atoms with E-state index >= 15 is 0 Å². The third-order valence-electron chi connectivity index (χ3n) is 1.72. The molecule has 14 heavy (non-hydrogen) atoms. The Morgan fingerprint density at radius 1 is 1.57 bits per heavy atom. The highest BCUT2D eigenvalue weighted by molar-refractivity contribution is 7.80. The van der Waals surface area contributed by atoms with Crippen molar-refractivity contribution in [1.82, 2.24) is 0 Å². The van der Waals surface area contributed by atoms with Gasteiger partial charge < -0.3 is 0 Å². The third-order valence-corrected chi connectivity index (χ3v) is 2.68. The van der Waals surface area contributed by atoms with Crippen LogP contribution in [0.25, 0.3) is 0 Å². The molecular weight excluding hydrogens is 222 g/mol. The lowest BCUT2D eigenvalue weighted by Crippen LogP contribution is -1.97. The number of benzene rings is 1. The number of hydrogen-bond donors (Lipinski definition) is 1. The van der Waals surface area contributed by atoms with Gasteiger partial charge in [-0.15, -0.1) is 0 Å². The lowest BCUT2D eigenvalue weighted by Gasteiger charge is -2.08. The highest BCUT2D eigenvalue weighted by atomic mass is 35.5. The fourth-order valence-electron chi connectivity index (χ4n) is 1.05. The fourth-order valence-corrected chi connectivity index (χ4v) is 1.39.